The predicted molar refractivity (Wildman–Crippen MR) is 87.5 cm³/mol. The van der Waals surface area contributed by atoms with E-state index in [1.165, 1.54) is 18.2 Å². The molecule has 0 aromatic carbocycles. The van der Waals surface area contributed by atoms with E-state index in [-0.39, 0.29) is 18.3 Å². The van der Waals surface area contributed by atoms with Crippen LogP contribution in [0.2, 0.25) is 0 Å². The summed E-state index contributed by atoms with van der Waals surface area (Å²) in [5.74, 6) is -0.468. The SMILES string of the molecule is C=C/C=C(\C=C)C(=O)OC(C)CC(C)OC(=O)N(CC)CC. The molecule has 0 aromatic rings. The average Bonchev–Trinajstić information content (AvgIpc) is 2.45. The fourth-order valence-electron chi connectivity index (χ4n) is 1.89. The Labute approximate surface area is 133 Å². The first-order valence-electron chi connectivity index (χ1n) is 7.51. The summed E-state index contributed by atoms with van der Waals surface area (Å²) in [6, 6.07) is 0. The Morgan fingerprint density at radius 2 is 1.64 bits per heavy atom. The van der Waals surface area contributed by atoms with Gasteiger partial charge in [0.2, 0.25) is 0 Å². The van der Waals surface area contributed by atoms with Crippen LogP contribution in [0, 0.1) is 0 Å². The number of amides is 1. The third-order valence-electron chi connectivity index (χ3n) is 3.05. The summed E-state index contributed by atoms with van der Waals surface area (Å²) >= 11 is 0. The predicted octanol–water partition coefficient (Wildman–Crippen LogP) is 3.47. The van der Waals surface area contributed by atoms with Crippen LogP contribution in [-0.2, 0) is 14.3 Å². The van der Waals surface area contributed by atoms with Gasteiger partial charge in [0.05, 0.1) is 5.57 Å². The van der Waals surface area contributed by atoms with Crippen molar-refractivity contribution < 1.29 is 19.1 Å². The molecule has 2 atom stereocenters. The second-order valence-corrected chi connectivity index (χ2v) is 4.88. The molecule has 0 saturated carbocycles. The second-order valence-electron chi connectivity index (χ2n) is 4.88. The van der Waals surface area contributed by atoms with Crippen LogP contribution in [-0.4, -0.2) is 42.3 Å². The lowest BCUT2D eigenvalue weighted by molar-refractivity contribution is -0.144. The molecule has 124 valence electrons. The topological polar surface area (TPSA) is 55.8 Å². The zero-order chi connectivity index (χ0) is 17.1. The van der Waals surface area contributed by atoms with E-state index in [1.54, 1.807) is 18.7 Å². The van der Waals surface area contributed by atoms with E-state index in [2.05, 4.69) is 13.2 Å². The summed E-state index contributed by atoms with van der Waals surface area (Å²) in [6.07, 6.45) is 3.81. The fourth-order valence-corrected chi connectivity index (χ4v) is 1.89. The molecule has 0 spiro atoms. The lowest BCUT2D eigenvalue weighted by atomic mass is 10.2. The van der Waals surface area contributed by atoms with Gasteiger partial charge >= 0.3 is 12.1 Å². The zero-order valence-corrected chi connectivity index (χ0v) is 14.0. The van der Waals surface area contributed by atoms with E-state index in [0.717, 1.165) is 0 Å². The minimum absolute atomic E-state index is 0.341. The molecule has 0 rings (SSSR count). The van der Waals surface area contributed by atoms with Crippen LogP contribution in [0.15, 0.2) is 37.0 Å². The van der Waals surface area contributed by atoms with Crippen molar-refractivity contribution in [2.45, 2.75) is 46.3 Å². The standard InChI is InChI=1S/C17H27NO4/c1-7-11-15(8-2)16(19)21-13(5)12-14(6)22-17(20)18(9-3)10-4/h7-8,11,13-14H,1-2,9-10,12H2,3-6H3/b15-11+. The van der Waals surface area contributed by atoms with Crippen molar-refractivity contribution in [1.82, 2.24) is 4.90 Å². The summed E-state index contributed by atoms with van der Waals surface area (Å²) in [4.78, 5) is 25.3. The molecule has 0 aliphatic rings. The molecule has 5 nitrogen and oxygen atoms in total. The molecule has 0 radical (unpaired) electrons. The summed E-state index contributed by atoms with van der Waals surface area (Å²) in [6.45, 7) is 15.6. The second kappa shape index (κ2) is 10.7. The zero-order valence-electron chi connectivity index (χ0n) is 14.0. The molecule has 0 aliphatic carbocycles. The number of hydrogen-bond donors (Lipinski definition) is 0. The molecule has 0 saturated heterocycles. The van der Waals surface area contributed by atoms with Crippen LogP contribution in [0.4, 0.5) is 4.79 Å². The minimum Gasteiger partial charge on any atom is -0.459 e. The number of esters is 1. The quantitative estimate of drug-likeness (QED) is 0.372. The first-order valence-corrected chi connectivity index (χ1v) is 7.51. The first kappa shape index (κ1) is 20.0. The number of rotatable bonds is 9. The smallest absolute Gasteiger partial charge is 0.410 e. The van der Waals surface area contributed by atoms with Gasteiger partial charge in [0.1, 0.15) is 12.2 Å². The molecule has 0 aliphatic heterocycles. The number of hydrogen-bond acceptors (Lipinski definition) is 4. The molecule has 0 fully saturated rings. The molecule has 0 bridgehead atoms. The molecule has 1 amide bonds. The van der Waals surface area contributed by atoms with Crippen LogP contribution in [0.1, 0.15) is 34.1 Å². The molecule has 5 heteroatoms. The first-order chi connectivity index (χ1) is 10.4. The maximum atomic E-state index is 11.9. The summed E-state index contributed by atoms with van der Waals surface area (Å²) in [5, 5.41) is 0. The van der Waals surface area contributed by atoms with Crippen molar-refractivity contribution in [3.63, 3.8) is 0 Å². The van der Waals surface area contributed by atoms with E-state index in [4.69, 9.17) is 9.47 Å². The normalized spacial score (nSPS) is 13.7. The summed E-state index contributed by atoms with van der Waals surface area (Å²) in [5.41, 5.74) is 0.342. The third-order valence-corrected chi connectivity index (χ3v) is 3.05. The van der Waals surface area contributed by atoms with Gasteiger partial charge in [-0.15, -0.1) is 0 Å². The van der Waals surface area contributed by atoms with Gasteiger partial charge in [-0.2, -0.15) is 0 Å². The molecular weight excluding hydrogens is 282 g/mol. The Morgan fingerprint density at radius 1 is 1.09 bits per heavy atom. The van der Waals surface area contributed by atoms with E-state index in [0.29, 0.717) is 25.1 Å². The van der Waals surface area contributed by atoms with E-state index < -0.39 is 5.97 Å². The highest BCUT2D eigenvalue weighted by molar-refractivity contribution is 5.91. The average molecular weight is 309 g/mol. The largest absolute Gasteiger partial charge is 0.459 e. The molecule has 2 unspecified atom stereocenters. The number of carbonyl (C=O) groups excluding carboxylic acids is 2. The van der Waals surface area contributed by atoms with Gasteiger partial charge in [0.15, 0.2) is 0 Å². The summed E-state index contributed by atoms with van der Waals surface area (Å²) in [7, 11) is 0. The van der Waals surface area contributed by atoms with Crippen molar-refractivity contribution in [2.75, 3.05) is 13.1 Å². The Bertz CT molecular complexity index is 424. The highest BCUT2D eigenvalue weighted by atomic mass is 16.6. The molecule has 0 heterocycles. The van der Waals surface area contributed by atoms with Crippen LogP contribution in [0.25, 0.3) is 0 Å². The van der Waals surface area contributed by atoms with Gasteiger partial charge in [-0.1, -0.05) is 25.3 Å². The molecular formula is C17H27NO4. The van der Waals surface area contributed by atoms with Gasteiger partial charge in [0.25, 0.3) is 0 Å². The number of nitrogens with zero attached hydrogens (tertiary/aromatic N) is 1. The van der Waals surface area contributed by atoms with Gasteiger partial charge in [-0.3, -0.25) is 0 Å². The van der Waals surface area contributed by atoms with Crippen molar-refractivity contribution in [1.29, 1.82) is 0 Å². The van der Waals surface area contributed by atoms with Crippen molar-refractivity contribution in [3.8, 4) is 0 Å². The van der Waals surface area contributed by atoms with E-state index in [9.17, 15) is 9.59 Å². The lowest BCUT2D eigenvalue weighted by Gasteiger charge is -2.23. The fraction of sp³-hybridized carbons (Fsp3) is 0.529. The van der Waals surface area contributed by atoms with Gasteiger partial charge in [0, 0.05) is 19.5 Å². The summed E-state index contributed by atoms with van der Waals surface area (Å²) < 4.78 is 10.6. The van der Waals surface area contributed by atoms with E-state index in [1.807, 2.05) is 13.8 Å². The number of allylic oxidation sites excluding steroid dienone is 2. The van der Waals surface area contributed by atoms with Crippen molar-refractivity contribution in [3.05, 3.63) is 37.0 Å². The van der Waals surface area contributed by atoms with Crippen LogP contribution >= 0.6 is 0 Å². The van der Waals surface area contributed by atoms with Crippen LogP contribution in [0.5, 0.6) is 0 Å². The Morgan fingerprint density at radius 3 is 2.09 bits per heavy atom. The Balaban J connectivity index is 4.42. The highest BCUT2D eigenvalue weighted by Crippen LogP contribution is 2.11. The van der Waals surface area contributed by atoms with Crippen LogP contribution in [0.3, 0.4) is 0 Å². The number of carbonyl (C=O) groups is 2. The third kappa shape index (κ3) is 7.11. The van der Waals surface area contributed by atoms with E-state index >= 15 is 0 Å². The van der Waals surface area contributed by atoms with Gasteiger partial charge in [-0.25, -0.2) is 9.59 Å². The maximum Gasteiger partial charge on any atom is 0.410 e. The molecule has 0 aromatic heterocycles. The highest BCUT2D eigenvalue weighted by Gasteiger charge is 2.19. The molecule has 0 N–H and O–H groups in total. The maximum absolute atomic E-state index is 11.9. The minimum atomic E-state index is -0.468. The molecule has 22 heavy (non-hydrogen) atoms. The van der Waals surface area contributed by atoms with Gasteiger partial charge in [-0.05, 0) is 33.8 Å². The Hall–Kier alpha value is -2.04. The Kier molecular flexibility index (Phi) is 9.67. The van der Waals surface area contributed by atoms with Crippen molar-refractivity contribution in [2.24, 2.45) is 0 Å². The van der Waals surface area contributed by atoms with Crippen molar-refractivity contribution >= 4 is 12.1 Å². The lowest BCUT2D eigenvalue weighted by Crippen LogP contribution is -2.34. The van der Waals surface area contributed by atoms with Gasteiger partial charge < -0.3 is 14.4 Å². The number of ether oxygens (including phenoxy) is 2. The monoisotopic (exact) mass is 309 g/mol. The van der Waals surface area contributed by atoms with Crippen LogP contribution < -0.4 is 0 Å².